The fourth-order valence-electron chi connectivity index (χ4n) is 2.30. The van der Waals surface area contributed by atoms with Crippen molar-refractivity contribution >= 4 is 22.8 Å². The summed E-state index contributed by atoms with van der Waals surface area (Å²) in [6.45, 7) is -0.136. The molecule has 0 aliphatic carbocycles. The number of rotatable bonds is 5. The Morgan fingerprint density at radius 2 is 1.83 bits per heavy atom. The van der Waals surface area contributed by atoms with Gasteiger partial charge in [0.05, 0.1) is 5.56 Å². The Bertz CT molecular complexity index is 871. The van der Waals surface area contributed by atoms with Gasteiger partial charge in [0.2, 0.25) is 0 Å². The van der Waals surface area contributed by atoms with Gasteiger partial charge in [-0.05, 0) is 23.8 Å². The molecule has 6 heteroatoms. The van der Waals surface area contributed by atoms with Crippen LogP contribution in [-0.2, 0) is 16.1 Å². The second-order valence-electron chi connectivity index (χ2n) is 5.23. The van der Waals surface area contributed by atoms with Gasteiger partial charge in [0.15, 0.2) is 6.61 Å². The molecule has 1 amide bonds. The van der Waals surface area contributed by atoms with Gasteiger partial charge in [-0.3, -0.25) is 4.79 Å². The summed E-state index contributed by atoms with van der Waals surface area (Å²) in [5, 5.41) is 3.35. The summed E-state index contributed by atoms with van der Waals surface area (Å²) in [5.74, 6) is -1.32. The van der Waals surface area contributed by atoms with Crippen molar-refractivity contribution in [2.45, 2.75) is 6.54 Å². The molecule has 3 rings (SSSR count). The van der Waals surface area contributed by atoms with Crippen LogP contribution in [0.15, 0.2) is 54.7 Å². The van der Waals surface area contributed by atoms with E-state index in [1.165, 1.54) is 12.1 Å². The third kappa shape index (κ3) is 3.60. The molecule has 1 aromatic heterocycles. The van der Waals surface area contributed by atoms with Crippen molar-refractivity contribution in [2.24, 2.45) is 0 Å². The third-order valence-electron chi connectivity index (χ3n) is 3.55. The zero-order valence-electron chi connectivity index (χ0n) is 12.7. The number of hydrogen-bond acceptors (Lipinski definition) is 3. The van der Waals surface area contributed by atoms with E-state index in [9.17, 15) is 14.0 Å². The van der Waals surface area contributed by atoms with Crippen molar-refractivity contribution in [3.8, 4) is 0 Å². The first-order valence-electron chi connectivity index (χ1n) is 7.38. The zero-order valence-corrected chi connectivity index (χ0v) is 12.7. The van der Waals surface area contributed by atoms with Crippen LogP contribution >= 0.6 is 0 Å². The highest BCUT2D eigenvalue weighted by Crippen LogP contribution is 2.18. The molecule has 0 radical (unpaired) electrons. The Morgan fingerprint density at radius 1 is 1.08 bits per heavy atom. The standard InChI is InChI=1S/C18H15FN2O3/c19-13-7-5-12(6-8-13)9-21-17(22)11-24-18(23)15-10-20-16-4-2-1-3-14(15)16/h1-8,10,20H,9,11H2,(H,21,22). The summed E-state index contributed by atoms with van der Waals surface area (Å²) in [6.07, 6.45) is 1.56. The number of fused-ring (bicyclic) bond motifs is 1. The van der Waals surface area contributed by atoms with Crippen molar-refractivity contribution < 1.29 is 18.7 Å². The van der Waals surface area contributed by atoms with Gasteiger partial charge in [0, 0.05) is 23.6 Å². The van der Waals surface area contributed by atoms with Gasteiger partial charge in [0.1, 0.15) is 5.82 Å². The minimum atomic E-state index is -0.565. The Balaban J connectivity index is 1.52. The normalized spacial score (nSPS) is 10.5. The van der Waals surface area contributed by atoms with Crippen LogP contribution in [0.3, 0.4) is 0 Å². The predicted octanol–water partition coefficient (Wildman–Crippen LogP) is 2.78. The zero-order chi connectivity index (χ0) is 16.9. The van der Waals surface area contributed by atoms with Gasteiger partial charge >= 0.3 is 5.97 Å². The van der Waals surface area contributed by atoms with Crippen LogP contribution in [0.1, 0.15) is 15.9 Å². The minimum absolute atomic E-state index is 0.240. The molecule has 0 unspecified atom stereocenters. The first-order chi connectivity index (χ1) is 11.6. The van der Waals surface area contributed by atoms with E-state index in [0.717, 1.165) is 16.5 Å². The molecule has 0 saturated heterocycles. The summed E-state index contributed by atoms with van der Waals surface area (Å²) >= 11 is 0. The van der Waals surface area contributed by atoms with E-state index in [1.807, 2.05) is 18.2 Å². The van der Waals surface area contributed by atoms with Gasteiger partial charge in [-0.1, -0.05) is 30.3 Å². The molecule has 3 aromatic rings. The maximum Gasteiger partial charge on any atom is 0.340 e. The van der Waals surface area contributed by atoms with E-state index < -0.39 is 11.9 Å². The van der Waals surface area contributed by atoms with Crippen LogP contribution in [0.25, 0.3) is 10.9 Å². The quantitative estimate of drug-likeness (QED) is 0.708. The maximum absolute atomic E-state index is 12.8. The molecule has 2 N–H and O–H groups in total. The van der Waals surface area contributed by atoms with Crippen LogP contribution in [0, 0.1) is 5.82 Å². The summed E-state index contributed by atoms with van der Waals surface area (Å²) in [7, 11) is 0. The number of H-pyrrole nitrogens is 1. The first-order valence-corrected chi connectivity index (χ1v) is 7.38. The lowest BCUT2D eigenvalue weighted by atomic mass is 10.2. The third-order valence-corrected chi connectivity index (χ3v) is 3.55. The van der Waals surface area contributed by atoms with Gasteiger partial charge in [0.25, 0.3) is 5.91 Å². The van der Waals surface area contributed by atoms with Crippen LogP contribution in [0.4, 0.5) is 4.39 Å². The van der Waals surface area contributed by atoms with Gasteiger partial charge in [-0.2, -0.15) is 0 Å². The Hall–Kier alpha value is -3.15. The van der Waals surface area contributed by atoms with E-state index in [1.54, 1.807) is 24.4 Å². The Morgan fingerprint density at radius 3 is 2.62 bits per heavy atom. The number of nitrogens with one attached hydrogen (secondary N) is 2. The highest BCUT2D eigenvalue weighted by molar-refractivity contribution is 6.04. The van der Waals surface area contributed by atoms with Crippen molar-refractivity contribution in [1.82, 2.24) is 10.3 Å². The van der Waals surface area contributed by atoms with Crippen molar-refractivity contribution in [3.63, 3.8) is 0 Å². The number of hydrogen-bond donors (Lipinski definition) is 2. The molecular weight excluding hydrogens is 311 g/mol. The fraction of sp³-hybridized carbons (Fsp3) is 0.111. The highest BCUT2D eigenvalue weighted by atomic mass is 19.1. The number of para-hydroxylation sites is 1. The van der Waals surface area contributed by atoms with E-state index in [0.29, 0.717) is 5.56 Å². The molecule has 0 aliphatic rings. The summed E-state index contributed by atoms with van der Waals surface area (Å²) in [5.41, 5.74) is 1.97. The van der Waals surface area contributed by atoms with E-state index >= 15 is 0 Å². The number of ether oxygens (including phenoxy) is 1. The van der Waals surface area contributed by atoms with E-state index in [2.05, 4.69) is 10.3 Å². The van der Waals surface area contributed by atoms with Crippen LogP contribution in [0.5, 0.6) is 0 Å². The molecule has 24 heavy (non-hydrogen) atoms. The minimum Gasteiger partial charge on any atom is -0.452 e. The number of aromatic amines is 1. The molecule has 122 valence electrons. The number of carbonyl (C=O) groups excluding carboxylic acids is 2. The highest BCUT2D eigenvalue weighted by Gasteiger charge is 2.14. The lowest BCUT2D eigenvalue weighted by Gasteiger charge is -2.06. The fourth-order valence-corrected chi connectivity index (χ4v) is 2.30. The number of esters is 1. The lowest BCUT2D eigenvalue weighted by Crippen LogP contribution is -2.28. The average Bonchev–Trinajstić information content (AvgIpc) is 3.03. The van der Waals surface area contributed by atoms with Crippen LogP contribution < -0.4 is 5.32 Å². The Labute approximate surface area is 137 Å². The summed E-state index contributed by atoms with van der Waals surface area (Å²) < 4.78 is 17.8. The molecule has 0 spiro atoms. The summed E-state index contributed by atoms with van der Waals surface area (Å²) in [6, 6.07) is 13.1. The summed E-state index contributed by atoms with van der Waals surface area (Å²) in [4.78, 5) is 26.8. The maximum atomic E-state index is 12.8. The SMILES string of the molecule is O=C(COC(=O)c1c[nH]c2ccccc12)NCc1ccc(F)cc1. The van der Waals surface area contributed by atoms with Gasteiger partial charge < -0.3 is 15.0 Å². The Kier molecular flexibility index (Phi) is 4.56. The smallest absolute Gasteiger partial charge is 0.340 e. The molecule has 0 bridgehead atoms. The predicted molar refractivity (Wildman–Crippen MR) is 86.8 cm³/mol. The molecule has 0 fully saturated rings. The molecular formula is C18H15FN2O3. The molecule has 1 heterocycles. The van der Waals surface area contributed by atoms with Gasteiger partial charge in [-0.25, -0.2) is 9.18 Å². The molecule has 0 atom stereocenters. The molecule has 0 saturated carbocycles. The van der Waals surface area contributed by atoms with Crippen LogP contribution in [0.2, 0.25) is 0 Å². The number of aromatic nitrogens is 1. The second-order valence-corrected chi connectivity index (χ2v) is 5.23. The largest absolute Gasteiger partial charge is 0.452 e. The van der Waals surface area contributed by atoms with E-state index in [4.69, 9.17) is 4.74 Å². The number of carbonyl (C=O) groups is 2. The topological polar surface area (TPSA) is 71.2 Å². The average molecular weight is 326 g/mol. The molecule has 0 aliphatic heterocycles. The van der Waals surface area contributed by atoms with Gasteiger partial charge in [-0.15, -0.1) is 0 Å². The number of amides is 1. The van der Waals surface area contributed by atoms with Crippen molar-refractivity contribution in [2.75, 3.05) is 6.61 Å². The van der Waals surface area contributed by atoms with Crippen molar-refractivity contribution in [3.05, 3.63) is 71.7 Å². The second kappa shape index (κ2) is 6.95. The van der Waals surface area contributed by atoms with E-state index in [-0.39, 0.29) is 19.0 Å². The first kappa shape index (κ1) is 15.7. The molecule has 5 nitrogen and oxygen atoms in total. The number of halogens is 1. The lowest BCUT2D eigenvalue weighted by molar-refractivity contribution is -0.124. The number of benzene rings is 2. The van der Waals surface area contributed by atoms with Crippen molar-refractivity contribution in [1.29, 1.82) is 0 Å². The monoisotopic (exact) mass is 326 g/mol. The molecule has 2 aromatic carbocycles. The van der Waals surface area contributed by atoms with Crippen LogP contribution in [-0.4, -0.2) is 23.5 Å².